The van der Waals surface area contributed by atoms with Crippen molar-refractivity contribution in [1.82, 2.24) is 15.1 Å². The number of amides is 3. The molecule has 1 heterocycles. The van der Waals surface area contributed by atoms with Crippen molar-refractivity contribution in [3.8, 4) is 11.1 Å². The Bertz CT molecular complexity index is 784. The summed E-state index contributed by atoms with van der Waals surface area (Å²) in [6.45, 7) is 2.07. The molecule has 148 valence electrons. The second kappa shape index (κ2) is 9.37. The Kier molecular flexibility index (Phi) is 6.66. The van der Waals surface area contributed by atoms with Gasteiger partial charge in [-0.3, -0.25) is 9.69 Å². The van der Waals surface area contributed by atoms with Crippen LogP contribution in [0.2, 0.25) is 0 Å². The molecule has 1 saturated heterocycles. The number of piperidine rings is 1. The predicted octanol–water partition coefficient (Wildman–Crippen LogP) is 3.03. The van der Waals surface area contributed by atoms with E-state index in [9.17, 15) is 9.59 Å². The van der Waals surface area contributed by atoms with Gasteiger partial charge in [-0.15, -0.1) is 0 Å². The van der Waals surface area contributed by atoms with Gasteiger partial charge in [0.05, 0.1) is 6.54 Å². The maximum Gasteiger partial charge on any atom is 0.321 e. The highest BCUT2D eigenvalue weighted by molar-refractivity contribution is 5.89. The monoisotopic (exact) mass is 380 g/mol. The number of hydrogen-bond donors (Lipinski definition) is 2. The third kappa shape index (κ3) is 5.10. The minimum absolute atomic E-state index is 0.0310. The van der Waals surface area contributed by atoms with Crippen LogP contribution in [0.1, 0.15) is 12.8 Å². The molecule has 6 heteroatoms. The summed E-state index contributed by atoms with van der Waals surface area (Å²) in [5.74, 6) is 0.0310. The second-order valence-electron chi connectivity index (χ2n) is 7.16. The van der Waals surface area contributed by atoms with Crippen LogP contribution in [-0.2, 0) is 4.79 Å². The third-order valence-corrected chi connectivity index (χ3v) is 5.31. The molecule has 3 amide bonds. The van der Waals surface area contributed by atoms with Gasteiger partial charge in [0.25, 0.3) is 0 Å². The van der Waals surface area contributed by atoms with Crippen molar-refractivity contribution in [2.24, 2.45) is 0 Å². The fraction of sp³-hybridized carbons (Fsp3) is 0.364. The van der Waals surface area contributed by atoms with Crippen LogP contribution < -0.4 is 10.6 Å². The number of likely N-dealkylation sites (tertiary alicyclic amines) is 1. The first kappa shape index (κ1) is 19.9. The molecule has 0 saturated carbocycles. The summed E-state index contributed by atoms with van der Waals surface area (Å²) in [6, 6.07) is 18.1. The Morgan fingerprint density at radius 3 is 2.21 bits per heavy atom. The molecule has 0 radical (unpaired) electrons. The number of urea groups is 1. The van der Waals surface area contributed by atoms with Gasteiger partial charge in [0.1, 0.15) is 0 Å². The summed E-state index contributed by atoms with van der Waals surface area (Å²) in [7, 11) is 3.49. The van der Waals surface area contributed by atoms with Gasteiger partial charge in [-0.2, -0.15) is 0 Å². The Balaban J connectivity index is 1.51. The van der Waals surface area contributed by atoms with E-state index in [0.717, 1.165) is 42.7 Å². The molecule has 1 aliphatic rings. The van der Waals surface area contributed by atoms with Crippen molar-refractivity contribution in [2.45, 2.75) is 18.9 Å². The molecule has 0 atom stereocenters. The molecule has 6 nitrogen and oxygen atoms in total. The highest BCUT2D eigenvalue weighted by atomic mass is 16.2. The Morgan fingerprint density at radius 1 is 1.00 bits per heavy atom. The quantitative estimate of drug-likeness (QED) is 0.838. The van der Waals surface area contributed by atoms with Gasteiger partial charge in [-0.05, 0) is 36.1 Å². The van der Waals surface area contributed by atoms with Crippen LogP contribution in [0, 0.1) is 0 Å². The zero-order valence-corrected chi connectivity index (χ0v) is 16.5. The summed E-state index contributed by atoms with van der Waals surface area (Å²) in [6.07, 6.45) is 1.74. The number of nitrogens with one attached hydrogen (secondary N) is 2. The molecule has 0 aromatic heterocycles. The first-order chi connectivity index (χ1) is 13.6. The lowest BCUT2D eigenvalue weighted by Crippen LogP contribution is -2.48. The zero-order valence-electron chi connectivity index (χ0n) is 16.5. The van der Waals surface area contributed by atoms with Crippen LogP contribution in [0.3, 0.4) is 0 Å². The van der Waals surface area contributed by atoms with Gasteiger partial charge in [0.15, 0.2) is 0 Å². The van der Waals surface area contributed by atoms with E-state index in [4.69, 9.17) is 0 Å². The molecule has 2 aromatic rings. The summed E-state index contributed by atoms with van der Waals surface area (Å²) in [5, 5.41) is 5.63. The van der Waals surface area contributed by atoms with Crippen molar-refractivity contribution in [3.05, 3.63) is 54.6 Å². The van der Waals surface area contributed by atoms with Gasteiger partial charge < -0.3 is 15.5 Å². The molecule has 2 N–H and O–H groups in total. The van der Waals surface area contributed by atoms with E-state index in [2.05, 4.69) is 27.7 Å². The van der Waals surface area contributed by atoms with E-state index in [1.165, 1.54) is 0 Å². The van der Waals surface area contributed by atoms with Crippen molar-refractivity contribution in [3.63, 3.8) is 0 Å². The number of rotatable bonds is 5. The SMILES string of the molecule is CNC(=O)CN1CCC(N(C)C(=O)Nc2ccc(-c3ccccc3)cc2)CC1. The Morgan fingerprint density at radius 2 is 1.61 bits per heavy atom. The largest absolute Gasteiger partial charge is 0.358 e. The van der Waals surface area contributed by atoms with Gasteiger partial charge in [-0.25, -0.2) is 4.79 Å². The van der Waals surface area contributed by atoms with Gasteiger partial charge in [0, 0.05) is 38.9 Å². The molecule has 3 rings (SSSR count). The topological polar surface area (TPSA) is 64.7 Å². The van der Waals surface area contributed by atoms with E-state index >= 15 is 0 Å². The van der Waals surface area contributed by atoms with Crippen LogP contribution in [0.25, 0.3) is 11.1 Å². The number of carbonyl (C=O) groups is 2. The summed E-state index contributed by atoms with van der Waals surface area (Å²) in [4.78, 5) is 28.0. The highest BCUT2D eigenvalue weighted by Gasteiger charge is 2.26. The molecule has 0 aliphatic carbocycles. The first-order valence-corrected chi connectivity index (χ1v) is 9.69. The second-order valence-corrected chi connectivity index (χ2v) is 7.16. The number of carbonyl (C=O) groups excluding carboxylic acids is 2. The molecule has 28 heavy (non-hydrogen) atoms. The average molecular weight is 380 g/mol. The predicted molar refractivity (Wildman–Crippen MR) is 112 cm³/mol. The summed E-state index contributed by atoms with van der Waals surface area (Å²) < 4.78 is 0. The van der Waals surface area contributed by atoms with Gasteiger partial charge in [-0.1, -0.05) is 42.5 Å². The van der Waals surface area contributed by atoms with Crippen LogP contribution in [0.5, 0.6) is 0 Å². The van der Waals surface area contributed by atoms with Crippen molar-refractivity contribution in [1.29, 1.82) is 0 Å². The summed E-state index contributed by atoms with van der Waals surface area (Å²) in [5.41, 5.74) is 3.06. The van der Waals surface area contributed by atoms with E-state index < -0.39 is 0 Å². The van der Waals surface area contributed by atoms with E-state index in [-0.39, 0.29) is 18.0 Å². The minimum Gasteiger partial charge on any atom is -0.358 e. The minimum atomic E-state index is -0.0998. The van der Waals surface area contributed by atoms with Crippen LogP contribution in [0.15, 0.2) is 54.6 Å². The Labute approximate surface area is 166 Å². The maximum atomic E-state index is 12.6. The van der Waals surface area contributed by atoms with Crippen molar-refractivity contribution >= 4 is 17.6 Å². The number of anilines is 1. The maximum absolute atomic E-state index is 12.6. The Hall–Kier alpha value is -2.86. The molecule has 0 spiro atoms. The van der Waals surface area contributed by atoms with Gasteiger partial charge >= 0.3 is 6.03 Å². The average Bonchev–Trinajstić information content (AvgIpc) is 2.75. The van der Waals surface area contributed by atoms with Crippen LogP contribution >= 0.6 is 0 Å². The molecular formula is C22H28N4O2. The smallest absolute Gasteiger partial charge is 0.321 e. The third-order valence-electron chi connectivity index (χ3n) is 5.31. The fourth-order valence-electron chi connectivity index (χ4n) is 3.50. The standard InChI is InChI=1S/C22H28N4O2/c1-23-21(27)16-26-14-12-20(13-15-26)25(2)22(28)24-19-10-8-18(9-11-19)17-6-4-3-5-7-17/h3-11,20H,12-16H2,1-2H3,(H,23,27)(H,24,28). The van der Waals surface area contributed by atoms with E-state index in [0.29, 0.717) is 6.54 Å². The molecule has 0 bridgehead atoms. The molecule has 1 fully saturated rings. The lowest BCUT2D eigenvalue weighted by atomic mass is 10.0. The molecule has 2 aromatic carbocycles. The highest BCUT2D eigenvalue weighted by Crippen LogP contribution is 2.22. The number of benzene rings is 2. The van der Waals surface area contributed by atoms with Gasteiger partial charge in [0.2, 0.25) is 5.91 Å². The van der Waals surface area contributed by atoms with E-state index in [1.807, 2.05) is 49.5 Å². The number of hydrogen-bond acceptors (Lipinski definition) is 3. The molecule has 0 unspecified atom stereocenters. The molecule has 1 aliphatic heterocycles. The zero-order chi connectivity index (χ0) is 19.9. The normalized spacial score (nSPS) is 15.1. The van der Waals surface area contributed by atoms with Crippen molar-refractivity contribution in [2.75, 3.05) is 39.0 Å². The molecular weight excluding hydrogens is 352 g/mol. The summed E-state index contributed by atoms with van der Waals surface area (Å²) >= 11 is 0. The van der Waals surface area contributed by atoms with Crippen LogP contribution in [0.4, 0.5) is 10.5 Å². The lowest BCUT2D eigenvalue weighted by Gasteiger charge is -2.36. The van der Waals surface area contributed by atoms with Crippen LogP contribution in [-0.4, -0.2) is 61.5 Å². The fourth-order valence-corrected chi connectivity index (χ4v) is 3.50. The number of nitrogens with zero attached hydrogens (tertiary/aromatic N) is 2. The first-order valence-electron chi connectivity index (χ1n) is 9.69. The number of likely N-dealkylation sites (N-methyl/N-ethyl adjacent to an activating group) is 1. The van der Waals surface area contributed by atoms with Crippen molar-refractivity contribution < 1.29 is 9.59 Å². The lowest BCUT2D eigenvalue weighted by molar-refractivity contribution is -0.122. The van der Waals surface area contributed by atoms with E-state index in [1.54, 1.807) is 11.9 Å².